The molecule has 3 aliphatic rings. The number of rotatable bonds is 4. The molecule has 0 aromatic carbocycles. The first-order chi connectivity index (χ1) is 11.8. The molecule has 1 aromatic rings. The number of pyridine rings is 1. The van der Waals surface area contributed by atoms with Gasteiger partial charge >= 0.3 is 0 Å². The second kappa shape index (κ2) is 7.19. The van der Waals surface area contributed by atoms with Crippen LogP contribution in [0.5, 0.6) is 0 Å². The van der Waals surface area contributed by atoms with E-state index < -0.39 is 0 Å². The van der Waals surface area contributed by atoms with Crippen LogP contribution in [0.25, 0.3) is 0 Å². The van der Waals surface area contributed by atoms with Crippen LogP contribution in [0.2, 0.25) is 0 Å². The topological polar surface area (TPSA) is 39.7 Å². The predicted molar refractivity (Wildman–Crippen MR) is 93.9 cm³/mol. The first-order valence-corrected chi connectivity index (χ1v) is 9.43. The maximum Gasteiger partial charge on any atom is 0.255 e. The number of likely N-dealkylation sites (tertiary alicyclic amines) is 3. The second-order valence-corrected chi connectivity index (χ2v) is 7.61. The van der Waals surface area contributed by atoms with Crippen LogP contribution in [0, 0.1) is 11.8 Å². The molecule has 0 unspecified atom stereocenters. The Kier molecular flexibility index (Phi) is 4.81. The van der Waals surface area contributed by atoms with Crippen molar-refractivity contribution in [3.8, 4) is 0 Å². The Morgan fingerprint density at radius 1 is 1.04 bits per heavy atom. The van der Waals surface area contributed by atoms with Gasteiger partial charge in [0.25, 0.3) is 5.91 Å². The van der Waals surface area contributed by atoms with Gasteiger partial charge in [-0.1, -0.05) is 0 Å². The molecule has 24 heavy (non-hydrogen) atoms. The van der Waals surface area contributed by atoms with E-state index in [-0.39, 0.29) is 5.91 Å². The molecule has 0 N–H and O–H groups in total. The molecule has 4 rings (SSSR count). The Bertz CT molecular complexity index is 558. The molecule has 5 heteroatoms. The van der Waals surface area contributed by atoms with Crippen molar-refractivity contribution in [1.29, 1.82) is 0 Å². The van der Waals surface area contributed by atoms with E-state index in [2.05, 4.69) is 19.7 Å². The van der Waals surface area contributed by atoms with Crippen molar-refractivity contribution in [3.05, 3.63) is 30.1 Å². The minimum absolute atomic E-state index is 0.154. The van der Waals surface area contributed by atoms with Crippen LogP contribution in [0.4, 0.5) is 0 Å². The molecule has 130 valence electrons. The lowest BCUT2D eigenvalue weighted by Crippen LogP contribution is -2.43. The normalized spacial score (nSPS) is 28.2. The van der Waals surface area contributed by atoms with Crippen molar-refractivity contribution < 1.29 is 4.79 Å². The third kappa shape index (κ3) is 3.47. The SMILES string of the molecule is O=C(c1cccnc1)N1C[C@H]2CN(CCN3CCCC3)CC[C@H]2C1. The Hall–Kier alpha value is -1.46. The fraction of sp³-hybridized carbons (Fsp3) is 0.684. The first-order valence-electron chi connectivity index (χ1n) is 9.43. The Morgan fingerprint density at radius 2 is 1.83 bits per heavy atom. The van der Waals surface area contributed by atoms with Crippen LogP contribution in [0.1, 0.15) is 29.6 Å². The minimum Gasteiger partial charge on any atom is -0.338 e. The van der Waals surface area contributed by atoms with E-state index in [1.54, 1.807) is 12.4 Å². The molecule has 1 amide bonds. The van der Waals surface area contributed by atoms with E-state index in [0.29, 0.717) is 11.8 Å². The van der Waals surface area contributed by atoms with Gasteiger partial charge in [0.1, 0.15) is 0 Å². The number of amides is 1. The average molecular weight is 328 g/mol. The van der Waals surface area contributed by atoms with Crippen LogP contribution in [-0.4, -0.2) is 77.9 Å². The zero-order chi connectivity index (χ0) is 16.4. The number of hydrogen-bond donors (Lipinski definition) is 0. The van der Waals surface area contributed by atoms with Crippen molar-refractivity contribution in [1.82, 2.24) is 19.7 Å². The van der Waals surface area contributed by atoms with Crippen LogP contribution >= 0.6 is 0 Å². The first kappa shape index (κ1) is 16.0. The summed E-state index contributed by atoms with van der Waals surface area (Å²) in [6, 6.07) is 3.72. The van der Waals surface area contributed by atoms with Crippen molar-refractivity contribution in [2.75, 3.05) is 52.4 Å². The average Bonchev–Trinajstić information content (AvgIpc) is 3.29. The van der Waals surface area contributed by atoms with Gasteiger partial charge < -0.3 is 14.7 Å². The summed E-state index contributed by atoms with van der Waals surface area (Å²) in [5.74, 6) is 1.49. The highest BCUT2D eigenvalue weighted by molar-refractivity contribution is 5.94. The van der Waals surface area contributed by atoms with Crippen molar-refractivity contribution in [2.45, 2.75) is 19.3 Å². The molecule has 0 bridgehead atoms. The van der Waals surface area contributed by atoms with Crippen LogP contribution in [-0.2, 0) is 0 Å². The summed E-state index contributed by atoms with van der Waals surface area (Å²) in [5, 5.41) is 0. The molecule has 2 atom stereocenters. The van der Waals surface area contributed by atoms with Gasteiger partial charge in [0.2, 0.25) is 0 Å². The molecule has 0 saturated carbocycles. The summed E-state index contributed by atoms with van der Waals surface area (Å²) in [7, 11) is 0. The Morgan fingerprint density at radius 3 is 2.62 bits per heavy atom. The third-order valence-electron chi connectivity index (χ3n) is 6.01. The lowest BCUT2D eigenvalue weighted by atomic mass is 9.89. The Labute approximate surface area is 144 Å². The summed E-state index contributed by atoms with van der Waals surface area (Å²) in [6.07, 6.45) is 7.39. The maximum atomic E-state index is 12.6. The highest BCUT2D eigenvalue weighted by Crippen LogP contribution is 2.31. The smallest absolute Gasteiger partial charge is 0.255 e. The zero-order valence-corrected chi connectivity index (χ0v) is 14.4. The number of piperidine rings is 1. The number of carbonyl (C=O) groups is 1. The lowest BCUT2D eigenvalue weighted by Gasteiger charge is -2.35. The quantitative estimate of drug-likeness (QED) is 0.841. The second-order valence-electron chi connectivity index (χ2n) is 7.61. The number of nitrogens with zero attached hydrogens (tertiary/aromatic N) is 4. The number of carbonyl (C=O) groups excluding carboxylic acids is 1. The number of hydrogen-bond acceptors (Lipinski definition) is 4. The van der Waals surface area contributed by atoms with E-state index in [9.17, 15) is 4.79 Å². The van der Waals surface area contributed by atoms with Gasteiger partial charge in [0.15, 0.2) is 0 Å². The molecule has 0 aliphatic carbocycles. The van der Waals surface area contributed by atoms with Gasteiger partial charge in [0, 0.05) is 45.1 Å². The van der Waals surface area contributed by atoms with E-state index in [1.807, 2.05) is 12.1 Å². The van der Waals surface area contributed by atoms with Crippen LogP contribution in [0.3, 0.4) is 0 Å². The van der Waals surface area contributed by atoms with E-state index >= 15 is 0 Å². The van der Waals surface area contributed by atoms with Crippen molar-refractivity contribution >= 4 is 5.91 Å². The largest absolute Gasteiger partial charge is 0.338 e. The fourth-order valence-electron chi connectivity index (χ4n) is 4.57. The van der Waals surface area contributed by atoms with Crippen molar-refractivity contribution in [2.24, 2.45) is 11.8 Å². The molecule has 5 nitrogen and oxygen atoms in total. The summed E-state index contributed by atoms with van der Waals surface area (Å²) in [5.41, 5.74) is 0.724. The van der Waals surface area contributed by atoms with Gasteiger partial charge in [-0.05, 0) is 62.9 Å². The maximum absolute atomic E-state index is 12.6. The molecule has 0 radical (unpaired) electrons. The molecular weight excluding hydrogens is 300 g/mol. The highest BCUT2D eigenvalue weighted by Gasteiger charge is 2.38. The van der Waals surface area contributed by atoms with Gasteiger partial charge in [-0.25, -0.2) is 0 Å². The Balaban J connectivity index is 1.30. The predicted octanol–water partition coefficient (Wildman–Crippen LogP) is 1.57. The number of aromatic nitrogens is 1. The monoisotopic (exact) mass is 328 g/mol. The van der Waals surface area contributed by atoms with E-state index in [4.69, 9.17) is 0 Å². The van der Waals surface area contributed by atoms with Gasteiger partial charge in [-0.3, -0.25) is 9.78 Å². The van der Waals surface area contributed by atoms with Gasteiger partial charge in [-0.2, -0.15) is 0 Å². The molecule has 3 fully saturated rings. The molecule has 1 aromatic heterocycles. The van der Waals surface area contributed by atoms with E-state index in [1.165, 1.54) is 52.0 Å². The van der Waals surface area contributed by atoms with Crippen LogP contribution in [0.15, 0.2) is 24.5 Å². The third-order valence-corrected chi connectivity index (χ3v) is 6.01. The fourth-order valence-corrected chi connectivity index (χ4v) is 4.57. The lowest BCUT2D eigenvalue weighted by molar-refractivity contribution is 0.0783. The highest BCUT2D eigenvalue weighted by atomic mass is 16.2. The molecule has 0 spiro atoms. The van der Waals surface area contributed by atoms with Crippen LogP contribution < -0.4 is 0 Å². The van der Waals surface area contributed by atoms with E-state index in [0.717, 1.165) is 25.2 Å². The van der Waals surface area contributed by atoms with Crippen molar-refractivity contribution in [3.63, 3.8) is 0 Å². The standard InChI is InChI=1S/C19H28N4O/c24-19(16-4-3-6-20-12-16)23-14-17-5-9-22(13-18(17)15-23)11-10-21-7-1-2-8-21/h3-4,6,12,17-18H,1-2,5,7-11,13-15H2/t17-,18+/m0/s1. The minimum atomic E-state index is 0.154. The molecular formula is C19H28N4O. The summed E-state index contributed by atoms with van der Waals surface area (Å²) in [6.45, 7) is 9.19. The summed E-state index contributed by atoms with van der Waals surface area (Å²) >= 11 is 0. The molecule has 4 heterocycles. The zero-order valence-electron chi connectivity index (χ0n) is 14.4. The van der Waals surface area contributed by atoms with Gasteiger partial charge in [0.05, 0.1) is 5.56 Å². The summed E-state index contributed by atoms with van der Waals surface area (Å²) in [4.78, 5) is 24.0. The van der Waals surface area contributed by atoms with Gasteiger partial charge in [-0.15, -0.1) is 0 Å². The molecule has 3 aliphatic heterocycles. The molecule has 3 saturated heterocycles. The number of fused-ring (bicyclic) bond motifs is 1. The summed E-state index contributed by atoms with van der Waals surface area (Å²) < 4.78 is 0.